The van der Waals surface area contributed by atoms with Gasteiger partial charge in [0.25, 0.3) is 0 Å². The van der Waals surface area contributed by atoms with E-state index in [0.717, 1.165) is 43.9 Å². The predicted molar refractivity (Wildman–Crippen MR) is 81.8 cm³/mol. The van der Waals surface area contributed by atoms with Crippen LogP contribution >= 0.6 is 0 Å². The van der Waals surface area contributed by atoms with Crippen LogP contribution in [-0.2, 0) is 4.79 Å². The van der Waals surface area contributed by atoms with E-state index in [1.54, 1.807) is 6.20 Å². The molecule has 1 aliphatic rings. The first-order valence-electron chi connectivity index (χ1n) is 7.48. The standard InChI is InChI=1S/C15H24N4O/c1-2-3-7-12(16)15(20)18-13-8-6-9-17-14(13)19-10-4-5-11-19/h6,8-9,12H,2-5,7,10-11,16H2,1H3,(H,18,20)/t12-/m0/s1. The number of amides is 1. The monoisotopic (exact) mass is 276 g/mol. The van der Waals surface area contributed by atoms with E-state index < -0.39 is 6.04 Å². The first-order valence-corrected chi connectivity index (χ1v) is 7.48. The molecule has 1 aromatic heterocycles. The fourth-order valence-electron chi connectivity index (χ4n) is 2.46. The molecule has 2 heterocycles. The molecule has 5 heteroatoms. The molecule has 110 valence electrons. The number of nitrogens with zero attached hydrogens (tertiary/aromatic N) is 2. The SMILES string of the molecule is CCCC[C@H](N)C(=O)Nc1cccnc1N1CCCC1. The van der Waals surface area contributed by atoms with E-state index in [1.807, 2.05) is 12.1 Å². The van der Waals surface area contributed by atoms with E-state index in [9.17, 15) is 4.79 Å². The molecule has 0 aromatic carbocycles. The Bertz CT molecular complexity index is 443. The fourth-order valence-corrected chi connectivity index (χ4v) is 2.46. The van der Waals surface area contributed by atoms with Gasteiger partial charge in [-0.2, -0.15) is 0 Å². The van der Waals surface area contributed by atoms with Crippen molar-refractivity contribution in [3.63, 3.8) is 0 Å². The summed E-state index contributed by atoms with van der Waals surface area (Å²) in [6.07, 6.45) is 6.87. The van der Waals surface area contributed by atoms with Crippen molar-refractivity contribution in [2.24, 2.45) is 5.73 Å². The molecule has 1 amide bonds. The maximum Gasteiger partial charge on any atom is 0.241 e. The lowest BCUT2D eigenvalue weighted by molar-refractivity contribution is -0.117. The van der Waals surface area contributed by atoms with Gasteiger partial charge in [0.1, 0.15) is 0 Å². The van der Waals surface area contributed by atoms with Crippen LogP contribution < -0.4 is 16.0 Å². The van der Waals surface area contributed by atoms with Crippen LogP contribution in [0.15, 0.2) is 18.3 Å². The van der Waals surface area contributed by atoms with Gasteiger partial charge in [0.15, 0.2) is 5.82 Å². The highest BCUT2D eigenvalue weighted by molar-refractivity contribution is 5.97. The number of nitrogens with one attached hydrogen (secondary N) is 1. The zero-order valence-electron chi connectivity index (χ0n) is 12.1. The van der Waals surface area contributed by atoms with Crippen LogP contribution in [0.4, 0.5) is 11.5 Å². The molecule has 0 aliphatic carbocycles. The number of pyridine rings is 1. The van der Waals surface area contributed by atoms with E-state index in [1.165, 1.54) is 12.8 Å². The molecule has 1 atom stereocenters. The molecule has 1 fully saturated rings. The second-order valence-electron chi connectivity index (χ2n) is 5.31. The number of carbonyl (C=O) groups is 1. The van der Waals surface area contributed by atoms with Crippen molar-refractivity contribution in [1.29, 1.82) is 0 Å². The van der Waals surface area contributed by atoms with Crippen LogP contribution in [0.2, 0.25) is 0 Å². The van der Waals surface area contributed by atoms with Crippen LogP contribution in [0.25, 0.3) is 0 Å². The topological polar surface area (TPSA) is 71.2 Å². The second kappa shape index (κ2) is 7.24. The van der Waals surface area contributed by atoms with Crippen molar-refractivity contribution in [2.75, 3.05) is 23.3 Å². The van der Waals surface area contributed by atoms with Gasteiger partial charge in [0.05, 0.1) is 11.7 Å². The summed E-state index contributed by atoms with van der Waals surface area (Å²) >= 11 is 0. The van der Waals surface area contributed by atoms with Gasteiger partial charge in [0, 0.05) is 19.3 Å². The molecule has 0 radical (unpaired) electrons. The first kappa shape index (κ1) is 14.8. The molecule has 1 aliphatic heterocycles. The lowest BCUT2D eigenvalue weighted by atomic mass is 10.1. The lowest BCUT2D eigenvalue weighted by Gasteiger charge is -2.21. The summed E-state index contributed by atoms with van der Waals surface area (Å²) in [4.78, 5) is 18.7. The van der Waals surface area contributed by atoms with Crippen LogP contribution in [0, 0.1) is 0 Å². The maximum atomic E-state index is 12.1. The van der Waals surface area contributed by atoms with Gasteiger partial charge in [-0.3, -0.25) is 4.79 Å². The Kier molecular flexibility index (Phi) is 5.35. The van der Waals surface area contributed by atoms with Crippen molar-refractivity contribution in [3.05, 3.63) is 18.3 Å². The van der Waals surface area contributed by atoms with Crippen molar-refractivity contribution in [1.82, 2.24) is 4.98 Å². The van der Waals surface area contributed by atoms with E-state index in [0.29, 0.717) is 0 Å². The highest BCUT2D eigenvalue weighted by Crippen LogP contribution is 2.26. The summed E-state index contributed by atoms with van der Waals surface area (Å²) in [7, 11) is 0. The number of unbranched alkanes of at least 4 members (excludes halogenated alkanes) is 1. The van der Waals surface area contributed by atoms with Gasteiger partial charge in [-0.25, -0.2) is 4.98 Å². The highest BCUT2D eigenvalue weighted by Gasteiger charge is 2.19. The molecule has 5 nitrogen and oxygen atoms in total. The third kappa shape index (κ3) is 3.70. The van der Waals surface area contributed by atoms with Crippen molar-refractivity contribution >= 4 is 17.4 Å². The Labute approximate surface area is 120 Å². The zero-order valence-corrected chi connectivity index (χ0v) is 12.1. The normalized spacial score (nSPS) is 16.2. The van der Waals surface area contributed by atoms with Gasteiger partial charge < -0.3 is 16.0 Å². The highest BCUT2D eigenvalue weighted by atomic mass is 16.2. The van der Waals surface area contributed by atoms with E-state index in [4.69, 9.17) is 5.73 Å². The number of anilines is 2. The molecular formula is C15H24N4O. The van der Waals surface area contributed by atoms with Gasteiger partial charge in [-0.15, -0.1) is 0 Å². The van der Waals surface area contributed by atoms with Gasteiger partial charge in [-0.05, 0) is 31.4 Å². The average molecular weight is 276 g/mol. The number of carbonyl (C=O) groups excluding carboxylic acids is 1. The number of aromatic nitrogens is 1. The summed E-state index contributed by atoms with van der Waals surface area (Å²) in [6, 6.07) is 3.29. The lowest BCUT2D eigenvalue weighted by Crippen LogP contribution is -2.36. The van der Waals surface area contributed by atoms with Crippen molar-refractivity contribution in [3.8, 4) is 0 Å². The molecular weight excluding hydrogens is 252 g/mol. The smallest absolute Gasteiger partial charge is 0.241 e. The van der Waals surface area contributed by atoms with Crippen LogP contribution in [0.1, 0.15) is 39.0 Å². The van der Waals surface area contributed by atoms with Crippen LogP contribution in [0.5, 0.6) is 0 Å². The average Bonchev–Trinajstić information content (AvgIpc) is 2.99. The summed E-state index contributed by atoms with van der Waals surface area (Å²) in [6.45, 7) is 4.10. The summed E-state index contributed by atoms with van der Waals surface area (Å²) in [5, 5.41) is 2.93. The third-order valence-corrected chi connectivity index (χ3v) is 3.66. The predicted octanol–water partition coefficient (Wildman–Crippen LogP) is 2.14. The van der Waals surface area contributed by atoms with Crippen LogP contribution in [-0.4, -0.2) is 30.0 Å². The zero-order chi connectivity index (χ0) is 14.4. The molecule has 20 heavy (non-hydrogen) atoms. The molecule has 3 N–H and O–H groups in total. The third-order valence-electron chi connectivity index (χ3n) is 3.66. The Hall–Kier alpha value is -1.62. The molecule has 0 unspecified atom stereocenters. The number of hydrogen-bond acceptors (Lipinski definition) is 4. The Morgan fingerprint density at radius 2 is 2.25 bits per heavy atom. The van der Waals surface area contributed by atoms with Crippen LogP contribution in [0.3, 0.4) is 0 Å². The van der Waals surface area contributed by atoms with Gasteiger partial charge in [-0.1, -0.05) is 19.8 Å². The number of rotatable bonds is 6. The summed E-state index contributed by atoms with van der Waals surface area (Å²) in [5.41, 5.74) is 6.68. The maximum absolute atomic E-state index is 12.1. The second-order valence-corrected chi connectivity index (χ2v) is 5.31. The molecule has 1 saturated heterocycles. The molecule has 0 saturated carbocycles. The Balaban J connectivity index is 2.03. The number of nitrogens with two attached hydrogens (primary N) is 1. The molecule has 0 bridgehead atoms. The summed E-state index contributed by atoms with van der Waals surface area (Å²) in [5.74, 6) is 0.743. The quantitative estimate of drug-likeness (QED) is 0.835. The number of hydrogen-bond donors (Lipinski definition) is 2. The van der Waals surface area contributed by atoms with E-state index in [2.05, 4.69) is 22.1 Å². The Morgan fingerprint density at radius 1 is 1.50 bits per heavy atom. The van der Waals surface area contributed by atoms with Crippen molar-refractivity contribution in [2.45, 2.75) is 45.1 Å². The van der Waals surface area contributed by atoms with Gasteiger partial charge in [0.2, 0.25) is 5.91 Å². The molecule has 0 spiro atoms. The van der Waals surface area contributed by atoms with Crippen molar-refractivity contribution < 1.29 is 4.79 Å². The largest absolute Gasteiger partial charge is 0.355 e. The molecule has 2 rings (SSSR count). The Morgan fingerprint density at radius 3 is 2.95 bits per heavy atom. The minimum absolute atomic E-state index is 0.119. The minimum atomic E-state index is -0.443. The minimum Gasteiger partial charge on any atom is -0.355 e. The fraction of sp³-hybridized carbons (Fsp3) is 0.600. The summed E-state index contributed by atoms with van der Waals surface area (Å²) < 4.78 is 0. The van der Waals surface area contributed by atoms with E-state index >= 15 is 0 Å². The molecule has 1 aromatic rings. The van der Waals surface area contributed by atoms with Gasteiger partial charge >= 0.3 is 0 Å². The first-order chi connectivity index (χ1) is 9.72. The van der Waals surface area contributed by atoms with E-state index in [-0.39, 0.29) is 5.91 Å².